The Balaban J connectivity index is 1.37. The fraction of sp³-hybridized carbons (Fsp3) is 0.278. The first-order chi connectivity index (χ1) is 12.7. The SMILES string of the molecule is O=C(NCCc1csc(-c2ncccn2)n1)c1cc2c([nH]c1=O)CCC2. The van der Waals surface area contributed by atoms with E-state index >= 15 is 0 Å². The van der Waals surface area contributed by atoms with Crippen LogP contribution in [0.3, 0.4) is 0 Å². The molecule has 0 spiro atoms. The van der Waals surface area contributed by atoms with Crippen LogP contribution in [0, 0.1) is 0 Å². The molecule has 0 saturated carbocycles. The van der Waals surface area contributed by atoms with E-state index in [2.05, 4.69) is 25.3 Å². The predicted octanol–water partition coefficient (Wildman–Crippen LogP) is 1.75. The van der Waals surface area contributed by atoms with Gasteiger partial charge in [-0.25, -0.2) is 15.0 Å². The molecule has 2 N–H and O–H groups in total. The number of pyridine rings is 1. The molecule has 26 heavy (non-hydrogen) atoms. The maximum Gasteiger partial charge on any atom is 0.261 e. The van der Waals surface area contributed by atoms with E-state index in [0.717, 1.165) is 41.2 Å². The minimum atomic E-state index is -0.345. The average Bonchev–Trinajstić information content (AvgIpc) is 3.30. The van der Waals surface area contributed by atoms with Gasteiger partial charge in [0.05, 0.1) is 5.69 Å². The van der Waals surface area contributed by atoms with Gasteiger partial charge in [-0.05, 0) is 37.0 Å². The Morgan fingerprint density at radius 2 is 2.12 bits per heavy atom. The molecular formula is C18H17N5O2S. The molecule has 0 aliphatic heterocycles. The van der Waals surface area contributed by atoms with Gasteiger partial charge >= 0.3 is 0 Å². The average molecular weight is 367 g/mol. The van der Waals surface area contributed by atoms with E-state index in [4.69, 9.17) is 0 Å². The summed E-state index contributed by atoms with van der Waals surface area (Å²) in [5.74, 6) is 0.250. The van der Waals surface area contributed by atoms with Crippen molar-refractivity contribution in [3.05, 3.63) is 62.8 Å². The zero-order chi connectivity index (χ0) is 17.9. The third-order valence-corrected chi connectivity index (χ3v) is 5.20. The van der Waals surface area contributed by atoms with Crippen LogP contribution < -0.4 is 10.9 Å². The lowest BCUT2D eigenvalue weighted by Crippen LogP contribution is -2.31. The number of nitrogens with zero attached hydrogens (tertiary/aromatic N) is 3. The number of aromatic amines is 1. The van der Waals surface area contributed by atoms with Crippen LogP contribution in [0.25, 0.3) is 10.8 Å². The van der Waals surface area contributed by atoms with Crippen molar-refractivity contribution in [3.8, 4) is 10.8 Å². The summed E-state index contributed by atoms with van der Waals surface area (Å²) in [4.78, 5) is 40.1. The normalized spacial score (nSPS) is 12.8. The summed E-state index contributed by atoms with van der Waals surface area (Å²) in [5, 5.41) is 5.49. The summed E-state index contributed by atoms with van der Waals surface area (Å²) in [6.07, 6.45) is 6.75. The zero-order valence-corrected chi connectivity index (χ0v) is 14.8. The minimum absolute atomic E-state index is 0.183. The largest absolute Gasteiger partial charge is 0.351 e. The van der Waals surface area contributed by atoms with Crippen molar-refractivity contribution >= 4 is 17.2 Å². The Bertz CT molecular complexity index is 996. The molecule has 7 nitrogen and oxygen atoms in total. The van der Waals surface area contributed by atoms with E-state index in [1.807, 2.05) is 5.38 Å². The van der Waals surface area contributed by atoms with E-state index in [1.165, 1.54) is 11.3 Å². The molecule has 0 aromatic carbocycles. The van der Waals surface area contributed by atoms with Crippen LogP contribution in [0.5, 0.6) is 0 Å². The first-order valence-electron chi connectivity index (χ1n) is 8.46. The molecule has 0 fully saturated rings. The van der Waals surface area contributed by atoms with Gasteiger partial charge in [-0.2, -0.15) is 0 Å². The van der Waals surface area contributed by atoms with Crippen molar-refractivity contribution in [3.63, 3.8) is 0 Å². The molecule has 0 unspecified atom stereocenters. The summed E-state index contributed by atoms with van der Waals surface area (Å²) in [7, 11) is 0. The van der Waals surface area contributed by atoms with Crippen molar-refractivity contribution in [2.75, 3.05) is 6.54 Å². The second-order valence-corrected chi connectivity index (χ2v) is 6.95. The molecule has 3 aromatic heterocycles. The topological polar surface area (TPSA) is 101 Å². The lowest BCUT2D eigenvalue weighted by molar-refractivity contribution is 0.0952. The molecule has 132 valence electrons. The molecule has 3 aromatic rings. The van der Waals surface area contributed by atoms with E-state index in [0.29, 0.717) is 18.8 Å². The Morgan fingerprint density at radius 3 is 2.96 bits per heavy atom. The van der Waals surface area contributed by atoms with Crippen LogP contribution in [-0.2, 0) is 19.3 Å². The second-order valence-electron chi connectivity index (χ2n) is 6.09. The summed E-state index contributed by atoms with van der Waals surface area (Å²) in [5.41, 5.74) is 2.76. The van der Waals surface area contributed by atoms with Crippen molar-refractivity contribution < 1.29 is 4.79 Å². The van der Waals surface area contributed by atoms with Gasteiger partial charge in [0.1, 0.15) is 5.56 Å². The van der Waals surface area contributed by atoms with Crippen LogP contribution in [-0.4, -0.2) is 32.4 Å². The molecular weight excluding hydrogens is 350 g/mol. The zero-order valence-electron chi connectivity index (χ0n) is 14.0. The fourth-order valence-corrected chi connectivity index (χ4v) is 3.81. The van der Waals surface area contributed by atoms with Crippen molar-refractivity contribution in [1.29, 1.82) is 0 Å². The number of amides is 1. The monoisotopic (exact) mass is 367 g/mol. The molecule has 0 atom stereocenters. The Hall–Kier alpha value is -2.87. The molecule has 0 saturated heterocycles. The number of hydrogen-bond donors (Lipinski definition) is 2. The Labute approximate surface area is 153 Å². The van der Waals surface area contributed by atoms with Crippen molar-refractivity contribution in [1.82, 2.24) is 25.3 Å². The van der Waals surface area contributed by atoms with Gasteiger partial charge in [0.25, 0.3) is 11.5 Å². The standard InChI is InChI=1S/C18H17N5O2S/c24-16(13-9-11-3-1-4-14(11)23-17(13)25)21-8-5-12-10-26-18(22-12)15-19-6-2-7-20-15/h2,6-7,9-10H,1,3-5,8H2,(H,21,24)(H,23,25). The highest BCUT2D eigenvalue weighted by atomic mass is 32.1. The highest BCUT2D eigenvalue weighted by molar-refractivity contribution is 7.13. The first-order valence-corrected chi connectivity index (χ1v) is 9.34. The Morgan fingerprint density at radius 1 is 1.27 bits per heavy atom. The fourth-order valence-electron chi connectivity index (χ4n) is 3.02. The smallest absolute Gasteiger partial charge is 0.261 e. The van der Waals surface area contributed by atoms with E-state index in [1.54, 1.807) is 24.5 Å². The Kier molecular flexibility index (Phi) is 4.57. The van der Waals surface area contributed by atoms with E-state index in [9.17, 15) is 9.59 Å². The summed E-state index contributed by atoms with van der Waals surface area (Å²) in [6.45, 7) is 0.411. The number of carbonyl (C=O) groups is 1. The molecule has 0 radical (unpaired) electrons. The van der Waals surface area contributed by atoms with Gasteiger partial charge in [-0.15, -0.1) is 11.3 Å². The van der Waals surface area contributed by atoms with Crippen molar-refractivity contribution in [2.24, 2.45) is 0 Å². The first kappa shape index (κ1) is 16.6. The number of carbonyl (C=O) groups excluding carboxylic acids is 1. The number of H-pyrrole nitrogens is 1. The molecule has 1 aliphatic rings. The van der Waals surface area contributed by atoms with Gasteiger partial charge in [-0.3, -0.25) is 9.59 Å². The molecule has 8 heteroatoms. The molecule has 1 aliphatic carbocycles. The highest BCUT2D eigenvalue weighted by Crippen LogP contribution is 2.20. The molecule has 4 rings (SSSR count). The van der Waals surface area contributed by atoms with Gasteiger partial charge in [0.15, 0.2) is 10.8 Å². The van der Waals surface area contributed by atoms with Crippen molar-refractivity contribution in [2.45, 2.75) is 25.7 Å². The van der Waals surface area contributed by atoms with Crippen LogP contribution in [0.1, 0.15) is 33.7 Å². The maximum atomic E-state index is 12.3. The molecule has 0 bridgehead atoms. The molecule has 3 heterocycles. The number of aryl methyl sites for hydroxylation is 2. The van der Waals surface area contributed by atoms with Gasteiger partial charge in [-0.1, -0.05) is 0 Å². The predicted molar refractivity (Wildman–Crippen MR) is 98.3 cm³/mol. The van der Waals surface area contributed by atoms with Crippen LogP contribution >= 0.6 is 11.3 Å². The molecule has 1 amide bonds. The summed E-state index contributed by atoms with van der Waals surface area (Å²) >= 11 is 1.47. The van der Waals surface area contributed by atoms with E-state index < -0.39 is 0 Å². The maximum absolute atomic E-state index is 12.3. The number of rotatable bonds is 5. The third-order valence-electron chi connectivity index (χ3n) is 4.31. The van der Waals surface area contributed by atoms with Gasteiger partial charge in [0, 0.05) is 36.4 Å². The quantitative estimate of drug-likeness (QED) is 0.715. The van der Waals surface area contributed by atoms with E-state index in [-0.39, 0.29) is 17.0 Å². The summed E-state index contributed by atoms with van der Waals surface area (Å²) < 4.78 is 0. The second kappa shape index (κ2) is 7.17. The number of fused-ring (bicyclic) bond motifs is 1. The lowest BCUT2D eigenvalue weighted by atomic mass is 10.1. The van der Waals surface area contributed by atoms with Gasteiger partial charge in [0.2, 0.25) is 0 Å². The van der Waals surface area contributed by atoms with Crippen LogP contribution in [0.2, 0.25) is 0 Å². The third kappa shape index (κ3) is 3.41. The lowest BCUT2D eigenvalue weighted by Gasteiger charge is -2.06. The number of nitrogens with one attached hydrogen (secondary N) is 2. The van der Waals surface area contributed by atoms with Crippen LogP contribution in [0.4, 0.5) is 0 Å². The summed E-state index contributed by atoms with van der Waals surface area (Å²) in [6, 6.07) is 3.48. The van der Waals surface area contributed by atoms with Gasteiger partial charge < -0.3 is 10.3 Å². The number of aromatic nitrogens is 4. The number of hydrogen-bond acceptors (Lipinski definition) is 6. The number of thiazole rings is 1. The highest BCUT2D eigenvalue weighted by Gasteiger charge is 2.18. The van der Waals surface area contributed by atoms with Crippen LogP contribution in [0.15, 0.2) is 34.7 Å². The minimum Gasteiger partial charge on any atom is -0.351 e.